The van der Waals surface area contributed by atoms with Gasteiger partial charge >= 0.3 is 6.09 Å². The molecular weight excluding hydrogens is 350 g/mol. The van der Waals surface area contributed by atoms with Crippen LogP contribution in [0.15, 0.2) is 53.7 Å². The lowest BCUT2D eigenvalue weighted by atomic mass is 10.2. The molecule has 1 amide bonds. The van der Waals surface area contributed by atoms with Crippen molar-refractivity contribution in [3.63, 3.8) is 0 Å². The number of hydrogen-bond acceptors (Lipinski definition) is 5. The van der Waals surface area contributed by atoms with Crippen LogP contribution in [0.5, 0.6) is 5.75 Å². The molecule has 0 unspecified atom stereocenters. The van der Waals surface area contributed by atoms with Gasteiger partial charge in [-0.15, -0.1) is 0 Å². The van der Waals surface area contributed by atoms with E-state index in [1.807, 2.05) is 42.5 Å². The van der Waals surface area contributed by atoms with E-state index < -0.39 is 0 Å². The Morgan fingerprint density at radius 1 is 1.19 bits per heavy atom. The molecule has 1 aliphatic heterocycles. The topological polar surface area (TPSA) is 56.6 Å². The fourth-order valence-corrected chi connectivity index (χ4v) is 3.95. The number of fused-ring (bicyclic) bond motifs is 1. The first-order valence-electron chi connectivity index (χ1n) is 8.42. The molecule has 26 heavy (non-hydrogen) atoms. The van der Waals surface area contributed by atoms with Gasteiger partial charge in [-0.3, -0.25) is 4.57 Å². The molecule has 0 bridgehead atoms. The summed E-state index contributed by atoms with van der Waals surface area (Å²) in [5, 5.41) is 0.906. The van der Waals surface area contributed by atoms with Crippen LogP contribution in [0.1, 0.15) is 0 Å². The van der Waals surface area contributed by atoms with E-state index in [1.165, 1.54) is 0 Å². The summed E-state index contributed by atoms with van der Waals surface area (Å²) in [7, 11) is 1.66. The number of rotatable bonds is 6. The fraction of sp³-hybridized carbons (Fsp3) is 0.263. The van der Waals surface area contributed by atoms with Gasteiger partial charge in [0.1, 0.15) is 12.4 Å². The van der Waals surface area contributed by atoms with Gasteiger partial charge in [0, 0.05) is 18.0 Å². The van der Waals surface area contributed by atoms with Gasteiger partial charge in [-0.25, -0.2) is 9.78 Å². The van der Waals surface area contributed by atoms with Crippen molar-refractivity contribution in [1.29, 1.82) is 0 Å². The number of carbonyl (C=O) groups excluding carboxylic acids is 1. The second kappa shape index (κ2) is 7.29. The van der Waals surface area contributed by atoms with E-state index in [2.05, 4.69) is 10.6 Å². The third-order valence-electron chi connectivity index (χ3n) is 4.30. The normalized spacial score (nSPS) is 14.0. The molecule has 0 radical (unpaired) electrons. The van der Waals surface area contributed by atoms with Crippen molar-refractivity contribution in [2.45, 2.75) is 5.16 Å². The summed E-state index contributed by atoms with van der Waals surface area (Å²) in [5.41, 5.74) is 3.04. The minimum Gasteiger partial charge on any atom is -0.497 e. The Kier molecular flexibility index (Phi) is 4.71. The third-order valence-corrected chi connectivity index (χ3v) is 5.22. The molecule has 0 N–H and O–H groups in total. The quantitative estimate of drug-likeness (QED) is 0.622. The zero-order valence-electron chi connectivity index (χ0n) is 14.4. The van der Waals surface area contributed by atoms with Crippen LogP contribution in [-0.4, -0.2) is 53.1 Å². The molecule has 0 aliphatic carbocycles. The molecule has 1 fully saturated rings. The number of carbonyl (C=O) groups is 1. The van der Waals surface area contributed by atoms with Crippen molar-refractivity contribution in [3.05, 3.63) is 48.5 Å². The molecule has 2 aromatic carbocycles. The van der Waals surface area contributed by atoms with Crippen LogP contribution in [-0.2, 0) is 4.74 Å². The maximum Gasteiger partial charge on any atom is 0.409 e. The first-order valence-corrected chi connectivity index (χ1v) is 9.41. The molecule has 1 aliphatic rings. The third kappa shape index (κ3) is 3.22. The SMILES string of the molecule is COc1ccc(-n2c(SCCN3CCOC3=O)nc3ccccc32)cc1. The van der Waals surface area contributed by atoms with Crippen LogP contribution in [0, 0.1) is 0 Å². The summed E-state index contributed by atoms with van der Waals surface area (Å²) < 4.78 is 12.4. The number of aromatic nitrogens is 2. The summed E-state index contributed by atoms with van der Waals surface area (Å²) in [4.78, 5) is 18.1. The highest BCUT2D eigenvalue weighted by Crippen LogP contribution is 2.29. The molecule has 2 heterocycles. The van der Waals surface area contributed by atoms with Crippen molar-refractivity contribution >= 4 is 28.9 Å². The number of thioether (sulfide) groups is 1. The fourth-order valence-electron chi connectivity index (χ4n) is 2.96. The first kappa shape index (κ1) is 16.8. The maximum absolute atomic E-state index is 11.6. The number of cyclic esters (lactones) is 1. The van der Waals surface area contributed by atoms with Crippen molar-refractivity contribution in [2.75, 3.05) is 32.6 Å². The number of methoxy groups -OCH3 is 1. The molecule has 1 saturated heterocycles. The number of ether oxygens (including phenoxy) is 2. The Morgan fingerprint density at radius 2 is 2.00 bits per heavy atom. The van der Waals surface area contributed by atoms with Crippen molar-refractivity contribution in [1.82, 2.24) is 14.5 Å². The van der Waals surface area contributed by atoms with E-state index in [4.69, 9.17) is 14.5 Å². The largest absolute Gasteiger partial charge is 0.497 e. The highest BCUT2D eigenvalue weighted by atomic mass is 32.2. The van der Waals surface area contributed by atoms with E-state index >= 15 is 0 Å². The van der Waals surface area contributed by atoms with E-state index in [9.17, 15) is 4.79 Å². The minimum absolute atomic E-state index is 0.228. The molecule has 134 valence electrons. The van der Waals surface area contributed by atoms with Gasteiger partial charge in [-0.05, 0) is 36.4 Å². The molecule has 0 spiro atoms. The van der Waals surface area contributed by atoms with E-state index in [0.717, 1.165) is 33.4 Å². The highest BCUT2D eigenvalue weighted by Gasteiger charge is 2.21. The van der Waals surface area contributed by atoms with Crippen LogP contribution in [0.4, 0.5) is 4.79 Å². The average molecular weight is 369 g/mol. The Morgan fingerprint density at radius 3 is 2.73 bits per heavy atom. The van der Waals surface area contributed by atoms with Crippen LogP contribution in [0.3, 0.4) is 0 Å². The van der Waals surface area contributed by atoms with Gasteiger partial charge in [-0.1, -0.05) is 23.9 Å². The summed E-state index contributed by atoms with van der Waals surface area (Å²) >= 11 is 1.64. The van der Waals surface area contributed by atoms with Gasteiger partial charge in [0.15, 0.2) is 5.16 Å². The molecule has 3 aromatic rings. The predicted octanol–water partition coefficient (Wildman–Crippen LogP) is 3.58. The molecule has 1 aromatic heterocycles. The Bertz CT molecular complexity index is 923. The van der Waals surface area contributed by atoms with Crippen LogP contribution >= 0.6 is 11.8 Å². The van der Waals surface area contributed by atoms with E-state index in [1.54, 1.807) is 23.8 Å². The second-order valence-corrected chi connectivity index (χ2v) is 6.93. The monoisotopic (exact) mass is 369 g/mol. The molecular formula is C19H19N3O3S. The smallest absolute Gasteiger partial charge is 0.409 e. The Labute approximate surface area is 155 Å². The molecule has 4 rings (SSSR count). The zero-order valence-corrected chi connectivity index (χ0v) is 15.2. The maximum atomic E-state index is 11.6. The minimum atomic E-state index is -0.228. The van der Waals surface area contributed by atoms with Gasteiger partial charge < -0.3 is 14.4 Å². The lowest BCUT2D eigenvalue weighted by molar-refractivity contribution is 0.160. The molecule has 0 atom stereocenters. The molecule has 7 heteroatoms. The highest BCUT2D eigenvalue weighted by molar-refractivity contribution is 7.99. The number of para-hydroxylation sites is 2. The van der Waals surface area contributed by atoms with Crippen LogP contribution in [0.2, 0.25) is 0 Å². The zero-order chi connectivity index (χ0) is 17.9. The second-order valence-electron chi connectivity index (χ2n) is 5.87. The summed E-state index contributed by atoms with van der Waals surface area (Å²) in [6, 6.07) is 16.0. The molecule has 0 saturated carbocycles. The van der Waals surface area contributed by atoms with Crippen molar-refractivity contribution in [3.8, 4) is 11.4 Å². The average Bonchev–Trinajstić information content (AvgIpc) is 3.25. The lowest BCUT2D eigenvalue weighted by Crippen LogP contribution is -2.26. The number of amides is 1. The number of benzene rings is 2. The lowest BCUT2D eigenvalue weighted by Gasteiger charge is -2.13. The summed E-state index contributed by atoms with van der Waals surface area (Å²) in [6.07, 6.45) is -0.228. The first-order chi connectivity index (χ1) is 12.8. The van der Waals surface area contributed by atoms with Crippen molar-refractivity contribution < 1.29 is 14.3 Å². The standard InChI is InChI=1S/C19H19N3O3S/c1-24-15-8-6-14(7-9-15)22-17-5-3-2-4-16(17)20-18(22)26-13-11-21-10-12-25-19(21)23/h2-9H,10-13H2,1H3. The summed E-state index contributed by atoms with van der Waals surface area (Å²) in [6.45, 7) is 1.79. The number of hydrogen-bond donors (Lipinski definition) is 0. The van der Waals surface area contributed by atoms with E-state index in [0.29, 0.717) is 19.7 Å². The van der Waals surface area contributed by atoms with Crippen LogP contribution < -0.4 is 4.74 Å². The van der Waals surface area contributed by atoms with Crippen molar-refractivity contribution in [2.24, 2.45) is 0 Å². The number of nitrogens with zero attached hydrogens (tertiary/aromatic N) is 3. The van der Waals surface area contributed by atoms with Crippen LogP contribution in [0.25, 0.3) is 16.7 Å². The van der Waals surface area contributed by atoms with Gasteiger partial charge in [-0.2, -0.15) is 0 Å². The van der Waals surface area contributed by atoms with Gasteiger partial charge in [0.25, 0.3) is 0 Å². The number of imidazole rings is 1. The Balaban J connectivity index is 1.61. The molecule has 6 nitrogen and oxygen atoms in total. The van der Waals surface area contributed by atoms with Gasteiger partial charge in [0.2, 0.25) is 0 Å². The summed E-state index contributed by atoms with van der Waals surface area (Å²) in [5.74, 6) is 1.58. The Hall–Kier alpha value is -2.67. The predicted molar refractivity (Wildman–Crippen MR) is 101 cm³/mol. The van der Waals surface area contributed by atoms with E-state index in [-0.39, 0.29) is 6.09 Å². The van der Waals surface area contributed by atoms with Gasteiger partial charge in [0.05, 0.1) is 24.7 Å².